The Balaban J connectivity index is 0.00000169. The maximum absolute atomic E-state index is 8.93. The van der Waals surface area contributed by atoms with Crippen LogP contribution < -0.4 is 0 Å². The summed E-state index contributed by atoms with van der Waals surface area (Å²) in [5.74, 6) is 0.579. The maximum Gasteiger partial charge on any atom is 0.0635 e. The molecule has 4 rings (SSSR count). The molecule has 4 heteroatoms. The molecule has 1 aliphatic carbocycles. The van der Waals surface area contributed by atoms with Gasteiger partial charge in [-0.15, -0.1) is 12.4 Å². The summed E-state index contributed by atoms with van der Waals surface area (Å²) < 4.78 is 2.57. The number of aromatic nitrogens is 1. The normalized spacial score (nSPS) is 19.8. The van der Waals surface area contributed by atoms with Crippen LogP contribution in [-0.4, -0.2) is 22.6 Å². The number of benzene rings is 1. The fourth-order valence-corrected chi connectivity index (χ4v) is 4.52. The zero-order valence-corrected chi connectivity index (χ0v) is 15.4. The quantitative estimate of drug-likeness (QED) is 0.802. The maximum atomic E-state index is 8.93. The number of aryl methyl sites for hydroxylation is 1. The van der Waals surface area contributed by atoms with Gasteiger partial charge in [-0.05, 0) is 48.4 Å². The van der Waals surface area contributed by atoms with E-state index in [1.54, 1.807) is 11.3 Å². The summed E-state index contributed by atoms with van der Waals surface area (Å²) >= 11 is 0. The summed E-state index contributed by atoms with van der Waals surface area (Å²) in [6.45, 7) is 7.60. The number of rotatable bonds is 3. The average Bonchev–Trinajstić information content (AvgIpc) is 2.89. The predicted molar refractivity (Wildman–Crippen MR) is 101 cm³/mol. The zero-order chi connectivity index (χ0) is 16.0. The summed E-state index contributed by atoms with van der Waals surface area (Å²) in [5, 5.41) is 10.4. The van der Waals surface area contributed by atoms with Crippen molar-refractivity contribution in [1.29, 1.82) is 5.26 Å². The highest BCUT2D eigenvalue weighted by molar-refractivity contribution is 5.87. The van der Waals surface area contributed by atoms with Gasteiger partial charge in [0.1, 0.15) is 0 Å². The molecular formula is C20H26ClN3. The number of hydrogen-bond donors (Lipinski definition) is 0. The van der Waals surface area contributed by atoms with Gasteiger partial charge in [-0.3, -0.25) is 4.90 Å². The second-order valence-corrected chi connectivity index (χ2v) is 7.30. The Kier molecular flexibility index (Phi) is 4.90. The largest absolute Gasteiger partial charge is 0.342 e. The molecule has 1 aromatic carbocycles. The third kappa shape index (κ3) is 2.62. The van der Waals surface area contributed by atoms with Crippen LogP contribution in [0.5, 0.6) is 0 Å². The van der Waals surface area contributed by atoms with Crippen LogP contribution in [0, 0.1) is 11.3 Å². The highest BCUT2D eigenvalue weighted by Crippen LogP contribution is 2.43. The molecule has 1 aromatic heterocycles. The Morgan fingerprint density at radius 1 is 1.29 bits per heavy atom. The first-order chi connectivity index (χ1) is 11.2. The number of nitrogens with zero attached hydrogens (tertiary/aromatic N) is 3. The van der Waals surface area contributed by atoms with Gasteiger partial charge >= 0.3 is 0 Å². The van der Waals surface area contributed by atoms with Gasteiger partial charge in [-0.2, -0.15) is 5.26 Å². The molecule has 1 aliphatic heterocycles. The Morgan fingerprint density at radius 3 is 2.88 bits per heavy atom. The molecule has 0 amide bonds. The highest BCUT2D eigenvalue weighted by atomic mass is 35.5. The monoisotopic (exact) mass is 343 g/mol. The molecule has 2 aromatic rings. The molecule has 24 heavy (non-hydrogen) atoms. The minimum absolute atomic E-state index is 0. The number of hydrogen-bond acceptors (Lipinski definition) is 2. The van der Waals surface area contributed by atoms with Crippen LogP contribution in [0.3, 0.4) is 0 Å². The summed E-state index contributed by atoms with van der Waals surface area (Å²) in [5.41, 5.74) is 6.00. The third-order valence-electron chi connectivity index (χ3n) is 5.69. The van der Waals surface area contributed by atoms with Crippen molar-refractivity contribution in [1.82, 2.24) is 9.47 Å². The van der Waals surface area contributed by atoms with E-state index in [9.17, 15) is 0 Å². The molecule has 0 spiro atoms. The number of nitriles is 1. The van der Waals surface area contributed by atoms with E-state index in [0.717, 1.165) is 19.6 Å². The fraction of sp³-hybridized carbons (Fsp3) is 0.550. The van der Waals surface area contributed by atoms with E-state index in [1.807, 2.05) is 0 Å². The lowest BCUT2D eigenvalue weighted by Crippen LogP contribution is -2.40. The lowest BCUT2D eigenvalue weighted by molar-refractivity contribution is 0.144. The van der Waals surface area contributed by atoms with E-state index in [1.165, 1.54) is 35.7 Å². The van der Waals surface area contributed by atoms with E-state index >= 15 is 0 Å². The molecule has 2 aliphatic rings. The van der Waals surface area contributed by atoms with Crippen LogP contribution in [0.2, 0.25) is 0 Å². The molecule has 128 valence electrons. The molecule has 2 heterocycles. The smallest absolute Gasteiger partial charge is 0.0635 e. The molecule has 0 fully saturated rings. The van der Waals surface area contributed by atoms with Gasteiger partial charge in [0.2, 0.25) is 0 Å². The Hall–Kier alpha value is -1.50. The first-order valence-electron chi connectivity index (χ1n) is 8.96. The van der Waals surface area contributed by atoms with E-state index in [0.29, 0.717) is 18.4 Å². The Morgan fingerprint density at radius 2 is 2.12 bits per heavy atom. The van der Waals surface area contributed by atoms with Crippen LogP contribution in [0.15, 0.2) is 18.2 Å². The van der Waals surface area contributed by atoms with Crippen molar-refractivity contribution in [3.8, 4) is 6.07 Å². The van der Waals surface area contributed by atoms with E-state index in [4.69, 9.17) is 5.26 Å². The van der Waals surface area contributed by atoms with E-state index in [-0.39, 0.29) is 12.4 Å². The summed E-state index contributed by atoms with van der Waals surface area (Å²) in [4.78, 5) is 2.55. The molecule has 0 saturated carbocycles. The van der Waals surface area contributed by atoms with Crippen LogP contribution in [0.25, 0.3) is 10.9 Å². The van der Waals surface area contributed by atoms with Gasteiger partial charge in [-0.1, -0.05) is 19.9 Å². The van der Waals surface area contributed by atoms with Gasteiger partial charge in [0.25, 0.3) is 0 Å². The van der Waals surface area contributed by atoms with Crippen molar-refractivity contribution < 1.29 is 0 Å². The molecule has 0 bridgehead atoms. The molecule has 0 radical (unpaired) electrons. The van der Waals surface area contributed by atoms with E-state index < -0.39 is 0 Å². The van der Waals surface area contributed by atoms with Crippen molar-refractivity contribution in [2.24, 2.45) is 0 Å². The molecule has 3 nitrogen and oxygen atoms in total. The fourth-order valence-electron chi connectivity index (χ4n) is 4.52. The number of halogens is 1. The minimum Gasteiger partial charge on any atom is -0.342 e. The van der Waals surface area contributed by atoms with Crippen molar-refractivity contribution in [3.05, 3.63) is 35.0 Å². The number of fused-ring (bicyclic) bond motifs is 3. The lowest BCUT2D eigenvalue weighted by Gasteiger charge is -2.39. The van der Waals surface area contributed by atoms with Crippen molar-refractivity contribution in [3.63, 3.8) is 0 Å². The van der Waals surface area contributed by atoms with Gasteiger partial charge < -0.3 is 4.57 Å². The van der Waals surface area contributed by atoms with Crippen LogP contribution >= 0.6 is 12.4 Å². The van der Waals surface area contributed by atoms with Gasteiger partial charge in [0, 0.05) is 42.7 Å². The van der Waals surface area contributed by atoms with Crippen LogP contribution in [0.4, 0.5) is 0 Å². The van der Waals surface area contributed by atoms with E-state index in [2.05, 4.69) is 47.6 Å². The average molecular weight is 344 g/mol. The molecule has 0 saturated heterocycles. The Labute approximate surface area is 150 Å². The third-order valence-corrected chi connectivity index (χ3v) is 5.69. The Bertz CT molecular complexity index is 784. The predicted octanol–water partition coefficient (Wildman–Crippen LogP) is 4.79. The lowest BCUT2D eigenvalue weighted by atomic mass is 9.89. The molecular weight excluding hydrogens is 318 g/mol. The topological polar surface area (TPSA) is 32.0 Å². The zero-order valence-electron chi connectivity index (χ0n) is 14.6. The first-order valence-corrected chi connectivity index (χ1v) is 8.96. The van der Waals surface area contributed by atoms with Crippen LogP contribution in [0.1, 0.15) is 61.9 Å². The van der Waals surface area contributed by atoms with Gasteiger partial charge in [0.05, 0.1) is 12.1 Å². The SMILES string of the molecule is CC(C)c1ccc2c(c1)c1c3n2CCN(CCC#N)C3CCC1.Cl. The van der Waals surface area contributed by atoms with Gasteiger partial charge in [0.15, 0.2) is 0 Å². The van der Waals surface area contributed by atoms with Crippen LogP contribution in [-0.2, 0) is 13.0 Å². The van der Waals surface area contributed by atoms with Gasteiger partial charge in [-0.25, -0.2) is 0 Å². The standard InChI is InChI=1S/C20H25N3.ClH/c1-14(2)15-7-8-18-17(13-15)16-5-3-6-19-20(16)23(18)12-11-22(19)10-4-9-21;/h7-8,13-14,19H,3-6,10-12H2,1-2H3;1H. The highest BCUT2D eigenvalue weighted by Gasteiger charge is 2.34. The first kappa shape index (κ1) is 17.3. The van der Waals surface area contributed by atoms with Crippen molar-refractivity contribution >= 4 is 23.3 Å². The van der Waals surface area contributed by atoms with Crippen molar-refractivity contribution in [2.75, 3.05) is 13.1 Å². The molecule has 0 N–H and O–H groups in total. The molecule has 1 atom stereocenters. The summed E-state index contributed by atoms with van der Waals surface area (Å²) in [7, 11) is 0. The summed E-state index contributed by atoms with van der Waals surface area (Å²) in [6, 6.07) is 9.91. The van der Waals surface area contributed by atoms with Crippen molar-refractivity contribution in [2.45, 2.75) is 58.0 Å². The minimum atomic E-state index is 0. The summed E-state index contributed by atoms with van der Waals surface area (Å²) in [6.07, 6.45) is 4.37. The molecule has 1 unspecified atom stereocenters. The second kappa shape index (κ2) is 6.78. The second-order valence-electron chi connectivity index (χ2n) is 7.30.